The van der Waals surface area contributed by atoms with Crippen molar-refractivity contribution in [1.82, 2.24) is 24.5 Å². The van der Waals surface area contributed by atoms with Gasteiger partial charge in [0, 0.05) is 11.6 Å². The zero-order chi connectivity index (χ0) is 20.5. The Morgan fingerprint density at radius 2 is 1.73 bits per heavy atom. The Kier molecular flexibility index (Phi) is 4.48. The highest BCUT2D eigenvalue weighted by Crippen LogP contribution is 2.37. The average Bonchev–Trinajstić information content (AvgIpc) is 3.20. The molecule has 0 fully saturated rings. The predicted octanol–water partition coefficient (Wildman–Crippen LogP) is 4.11. The summed E-state index contributed by atoms with van der Waals surface area (Å²) in [6, 6.07) is 15.9. The summed E-state index contributed by atoms with van der Waals surface area (Å²) in [5, 5.41) is 1.10. The van der Waals surface area contributed by atoms with E-state index in [9.17, 15) is 0 Å². The molecule has 0 aliphatic heterocycles. The molecule has 3 aromatic heterocycles. The number of nitrogens with zero attached hydrogens (tertiary/aromatic N) is 5. The second kappa shape index (κ2) is 7.44. The van der Waals surface area contributed by atoms with Crippen LogP contribution >= 0.6 is 0 Å². The third-order valence-electron chi connectivity index (χ3n) is 5.03. The van der Waals surface area contributed by atoms with Crippen LogP contribution in [0.5, 0.6) is 11.5 Å². The van der Waals surface area contributed by atoms with E-state index < -0.39 is 0 Å². The molecule has 148 valence electrons. The molecular weight excluding hydrogens is 378 g/mol. The van der Waals surface area contributed by atoms with E-state index in [1.807, 2.05) is 34.9 Å². The quantitative estimate of drug-likeness (QED) is 0.444. The lowest BCUT2D eigenvalue weighted by Crippen LogP contribution is -2.01. The smallest absolute Gasteiger partial charge is 0.197 e. The van der Waals surface area contributed by atoms with Gasteiger partial charge in [0.1, 0.15) is 11.5 Å². The summed E-state index contributed by atoms with van der Waals surface area (Å²) in [6.07, 6.45) is 5.26. The van der Waals surface area contributed by atoms with Crippen molar-refractivity contribution in [2.45, 2.75) is 6.54 Å². The van der Waals surface area contributed by atoms with E-state index in [1.54, 1.807) is 32.9 Å². The van der Waals surface area contributed by atoms with E-state index in [1.165, 1.54) is 0 Å². The second-order valence-corrected chi connectivity index (χ2v) is 6.84. The van der Waals surface area contributed by atoms with Gasteiger partial charge in [-0.1, -0.05) is 18.2 Å². The minimum Gasteiger partial charge on any atom is -0.496 e. The summed E-state index contributed by atoms with van der Waals surface area (Å²) in [7, 11) is 3.26. The SMILES string of the molecule is COc1cccc(OC)c1-c1cnc2ncn(Cc3ccc4ncccc4c3)c2n1. The van der Waals surface area contributed by atoms with Crippen molar-refractivity contribution in [1.29, 1.82) is 0 Å². The zero-order valence-electron chi connectivity index (χ0n) is 16.6. The number of methoxy groups -OCH3 is 2. The van der Waals surface area contributed by atoms with Gasteiger partial charge in [-0.2, -0.15) is 0 Å². The summed E-state index contributed by atoms with van der Waals surface area (Å²) in [5.41, 5.74) is 4.84. The molecule has 5 rings (SSSR count). The number of fused-ring (bicyclic) bond motifs is 2. The van der Waals surface area contributed by atoms with Crippen LogP contribution in [0.1, 0.15) is 5.56 Å². The Hall–Kier alpha value is -4.00. The summed E-state index contributed by atoms with van der Waals surface area (Å²) >= 11 is 0. The highest BCUT2D eigenvalue weighted by atomic mass is 16.5. The first-order chi connectivity index (χ1) is 14.8. The minimum absolute atomic E-state index is 0.593. The largest absolute Gasteiger partial charge is 0.496 e. The van der Waals surface area contributed by atoms with Crippen LogP contribution in [0.15, 0.2) is 67.3 Å². The minimum atomic E-state index is 0.593. The molecule has 0 atom stereocenters. The van der Waals surface area contributed by atoms with E-state index in [2.05, 4.69) is 33.2 Å². The number of aromatic nitrogens is 5. The number of hydrogen-bond acceptors (Lipinski definition) is 6. The lowest BCUT2D eigenvalue weighted by Gasteiger charge is -2.12. The van der Waals surface area contributed by atoms with Gasteiger partial charge in [-0.3, -0.25) is 4.98 Å². The molecule has 30 heavy (non-hydrogen) atoms. The van der Waals surface area contributed by atoms with Crippen molar-refractivity contribution in [3.8, 4) is 22.8 Å². The molecule has 7 nitrogen and oxygen atoms in total. The normalized spacial score (nSPS) is 11.1. The fourth-order valence-electron chi connectivity index (χ4n) is 3.60. The van der Waals surface area contributed by atoms with Gasteiger partial charge in [-0.25, -0.2) is 15.0 Å². The molecule has 0 radical (unpaired) electrons. The van der Waals surface area contributed by atoms with Crippen LogP contribution in [0.25, 0.3) is 33.5 Å². The van der Waals surface area contributed by atoms with E-state index >= 15 is 0 Å². The first kappa shape index (κ1) is 18.1. The lowest BCUT2D eigenvalue weighted by atomic mass is 10.1. The molecule has 0 N–H and O–H groups in total. The van der Waals surface area contributed by atoms with Gasteiger partial charge in [0.25, 0.3) is 0 Å². The maximum absolute atomic E-state index is 5.53. The highest BCUT2D eigenvalue weighted by Gasteiger charge is 2.16. The van der Waals surface area contributed by atoms with Crippen molar-refractivity contribution in [2.75, 3.05) is 14.2 Å². The summed E-state index contributed by atoms with van der Waals surface area (Å²) in [6.45, 7) is 0.628. The molecule has 0 aliphatic carbocycles. The van der Waals surface area contributed by atoms with E-state index in [4.69, 9.17) is 14.5 Å². The number of rotatable bonds is 5. The van der Waals surface area contributed by atoms with Crippen LogP contribution in [0, 0.1) is 0 Å². The second-order valence-electron chi connectivity index (χ2n) is 6.84. The Bertz CT molecular complexity index is 1340. The van der Waals surface area contributed by atoms with E-state index in [0.717, 1.165) is 22.0 Å². The molecule has 7 heteroatoms. The van der Waals surface area contributed by atoms with Crippen LogP contribution in [0.3, 0.4) is 0 Å². The summed E-state index contributed by atoms with van der Waals surface area (Å²) < 4.78 is 13.0. The van der Waals surface area contributed by atoms with Crippen molar-refractivity contribution in [3.63, 3.8) is 0 Å². The molecule has 0 unspecified atom stereocenters. The van der Waals surface area contributed by atoms with Crippen molar-refractivity contribution in [2.24, 2.45) is 0 Å². The number of pyridine rings is 1. The standard InChI is InChI=1S/C23H19N5O2/c1-29-19-6-3-7-20(30-2)21(19)18-12-25-22-23(27-18)28(14-26-22)13-15-8-9-17-16(11-15)5-4-10-24-17/h3-12,14H,13H2,1-2H3. The predicted molar refractivity (Wildman–Crippen MR) is 115 cm³/mol. The zero-order valence-corrected chi connectivity index (χ0v) is 16.6. The van der Waals surface area contributed by atoms with Crippen molar-refractivity contribution < 1.29 is 9.47 Å². The van der Waals surface area contributed by atoms with E-state index in [-0.39, 0.29) is 0 Å². The molecule has 0 saturated heterocycles. The fraction of sp³-hybridized carbons (Fsp3) is 0.130. The monoisotopic (exact) mass is 397 g/mol. The topological polar surface area (TPSA) is 75.0 Å². The lowest BCUT2D eigenvalue weighted by molar-refractivity contribution is 0.397. The summed E-state index contributed by atoms with van der Waals surface area (Å²) in [5.74, 6) is 1.35. The van der Waals surface area contributed by atoms with Gasteiger partial charge in [0.15, 0.2) is 11.3 Å². The maximum atomic E-state index is 5.53. The Morgan fingerprint density at radius 1 is 0.900 bits per heavy atom. The average molecular weight is 397 g/mol. The number of ether oxygens (including phenoxy) is 2. The molecule has 0 spiro atoms. The van der Waals surface area contributed by atoms with Crippen LogP contribution < -0.4 is 9.47 Å². The first-order valence-corrected chi connectivity index (χ1v) is 9.50. The van der Waals surface area contributed by atoms with Crippen LogP contribution in [-0.4, -0.2) is 38.7 Å². The molecule has 3 heterocycles. The fourth-order valence-corrected chi connectivity index (χ4v) is 3.60. The first-order valence-electron chi connectivity index (χ1n) is 9.50. The van der Waals surface area contributed by atoms with Gasteiger partial charge in [-0.05, 0) is 35.9 Å². The number of hydrogen-bond donors (Lipinski definition) is 0. The van der Waals surface area contributed by atoms with Gasteiger partial charge in [0.05, 0.1) is 50.1 Å². The van der Waals surface area contributed by atoms with Crippen LogP contribution in [0.4, 0.5) is 0 Å². The summed E-state index contributed by atoms with van der Waals surface area (Å²) in [4.78, 5) is 18.1. The molecule has 0 bridgehead atoms. The Balaban J connectivity index is 1.58. The Labute approximate surface area is 173 Å². The van der Waals surface area contributed by atoms with Crippen molar-refractivity contribution in [3.05, 3.63) is 72.8 Å². The molecule has 0 amide bonds. The molecular formula is C23H19N5O2. The number of benzene rings is 2. The molecule has 5 aromatic rings. The third-order valence-corrected chi connectivity index (χ3v) is 5.03. The van der Waals surface area contributed by atoms with Gasteiger partial charge in [0.2, 0.25) is 0 Å². The van der Waals surface area contributed by atoms with Gasteiger partial charge >= 0.3 is 0 Å². The van der Waals surface area contributed by atoms with Crippen LogP contribution in [0.2, 0.25) is 0 Å². The van der Waals surface area contributed by atoms with Crippen molar-refractivity contribution >= 4 is 22.2 Å². The molecule has 0 saturated carbocycles. The van der Waals surface area contributed by atoms with Gasteiger partial charge < -0.3 is 14.0 Å². The Morgan fingerprint density at radius 3 is 2.53 bits per heavy atom. The molecule has 0 aliphatic rings. The van der Waals surface area contributed by atoms with E-state index in [0.29, 0.717) is 35.0 Å². The molecule has 2 aromatic carbocycles. The highest BCUT2D eigenvalue weighted by molar-refractivity contribution is 5.79. The van der Waals surface area contributed by atoms with Crippen LogP contribution in [-0.2, 0) is 6.54 Å². The van der Waals surface area contributed by atoms with Gasteiger partial charge in [-0.15, -0.1) is 0 Å². The third kappa shape index (κ3) is 3.10. The maximum Gasteiger partial charge on any atom is 0.197 e. The number of imidazole rings is 1.